The van der Waals surface area contributed by atoms with Gasteiger partial charge in [0, 0.05) is 23.5 Å². The molecule has 4 rings (SSSR count). The molecule has 3 N–H and O–H groups in total. The maximum absolute atomic E-state index is 14.2. The largest absolute Gasteiger partial charge is 0.495 e. The Morgan fingerprint density at radius 2 is 1.88 bits per heavy atom. The second-order valence-electron chi connectivity index (χ2n) is 11.1. The number of amides is 1. The third-order valence-electron chi connectivity index (χ3n) is 6.63. The van der Waals surface area contributed by atoms with Crippen LogP contribution in [-0.4, -0.2) is 37.2 Å². The van der Waals surface area contributed by atoms with Gasteiger partial charge in [-0.05, 0) is 66.3 Å². The SMILES string of the molecule is CC(C)(C)CC1NCC(c2cccc(Cl)c2F)C1C#N.COc1cc(C(=O)O)ccc1NC=O.Cc1ccc(Cl)cc1F. The first kappa shape index (κ1) is 35.5. The first-order chi connectivity index (χ1) is 20.2. The van der Waals surface area contributed by atoms with Crippen LogP contribution in [-0.2, 0) is 4.79 Å². The minimum Gasteiger partial charge on any atom is -0.495 e. The second kappa shape index (κ2) is 16.2. The van der Waals surface area contributed by atoms with Gasteiger partial charge in [0.1, 0.15) is 17.4 Å². The van der Waals surface area contributed by atoms with Gasteiger partial charge in [-0.25, -0.2) is 13.6 Å². The van der Waals surface area contributed by atoms with E-state index in [1.165, 1.54) is 37.4 Å². The number of aromatic carboxylic acids is 1. The first-order valence-corrected chi connectivity index (χ1v) is 14.1. The molecule has 43 heavy (non-hydrogen) atoms. The highest BCUT2D eigenvalue weighted by molar-refractivity contribution is 6.31. The fourth-order valence-electron chi connectivity index (χ4n) is 4.54. The fourth-order valence-corrected chi connectivity index (χ4v) is 4.88. The van der Waals surface area contributed by atoms with Crippen LogP contribution in [0.15, 0.2) is 54.6 Å². The molecule has 11 heteroatoms. The van der Waals surface area contributed by atoms with Crippen LogP contribution in [0.4, 0.5) is 14.5 Å². The van der Waals surface area contributed by atoms with Gasteiger partial charge in [-0.2, -0.15) is 5.26 Å². The van der Waals surface area contributed by atoms with Crippen LogP contribution in [0.5, 0.6) is 5.75 Å². The molecule has 1 aliphatic heterocycles. The van der Waals surface area contributed by atoms with E-state index in [9.17, 15) is 23.6 Å². The van der Waals surface area contributed by atoms with Crippen molar-refractivity contribution >= 4 is 41.3 Å². The summed E-state index contributed by atoms with van der Waals surface area (Å²) in [5, 5.41) is 24.5. The Kier molecular flexibility index (Phi) is 13.4. The number of nitrogens with zero attached hydrogens (tertiary/aromatic N) is 1. The molecule has 0 bridgehead atoms. The van der Waals surface area contributed by atoms with E-state index in [1.54, 1.807) is 31.2 Å². The van der Waals surface area contributed by atoms with E-state index < -0.39 is 11.8 Å². The molecule has 3 aromatic rings. The lowest BCUT2D eigenvalue weighted by Gasteiger charge is -2.26. The number of halogens is 4. The van der Waals surface area contributed by atoms with Gasteiger partial charge in [0.15, 0.2) is 0 Å². The smallest absolute Gasteiger partial charge is 0.335 e. The summed E-state index contributed by atoms with van der Waals surface area (Å²) in [5.41, 5.74) is 1.85. The van der Waals surface area contributed by atoms with Gasteiger partial charge in [0.25, 0.3) is 0 Å². The highest BCUT2D eigenvalue weighted by Crippen LogP contribution is 2.38. The van der Waals surface area contributed by atoms with E-state index >= 15 is 0 Å². The predicted octanol–water partition coefficient (Wildman–Crippen LogP) is 7.86. The van der Waals surface area contributed by atoms with Crippen molar-refractivity contribution in [2.75, 3.05) is 19.0 Å². The molecule has 3 aromatic carbocycles. The average molecular weight is 635 g/mol. The molecular weight excluding hydrogens is 599 g/mol. The number of carbonyl (C=O) groups is 2. The summed E-state index contributed by atoms with van der Waals surface area (Å²) in [6.45, 7) is 8.77. The van der Waals surface area contributed by atoms with E-state index in [0.29, 0.717) is 40.5 Å². The number of methoxy groups -OCH3 is 1. The minimum absolute atomic E-state index is 0.100. The molecule has 7 nitrogen and oxygen atoms in total. The topological polar surface area (TPSA) is 111 Å². The Morgan fingerprint density at radius 1 is 1.19 bits per heavy atom. The van der Waals surface area contributed by atoms with E-state index in [1.807, 2.05) is 0 Å². The molecule has 0 aliphatic carbocycles. The zero-order chi connectivity index (χ0) is 32.3. The summed E-state index contributed by atoms with van der Waals surface area (Å²) >= 11 is 11.3. The standard InChI is InChI=1S/C16H20ClFN2.C9H9NO4.C7H6ClF/c1-16(2,3)7-14-11(8-19)12(9-20-14)10-5-4-6-13(17)15(10)18;1-14-8-4-6(9(12)13)2-3-7(8)10-5-11;1-5-2-3-6(8)4-7(5)9/h4-6,11-12,14,20H,7,9H2,1-3H3;2-5H,1H3,(H,10,11)(H,12,13);2-4H,1H3. The molecule has 0 spiro atoms. The van der Waals surface area contributed by atoms with Crippen molar-refractivity contribution in [3.63, 3.8) is 0 Å². The average Bonchev–Trinajstić information content (AvgIpc) is 3.34. The molecule has 1 aliphatic rings. The third kappa shape index (κ3) is 10.5. The number of anilines is 1. The maximum Gasteiger partial charge on any atom is 0.335 e. The van der Waals surface area contributed by atoms with E-state index in [-0.39, 0.29) is 39.7 Å². The monoisotopic (exact) mass is 633 g/mol. The lowest BCUT2D eigenvalue weighted by Crippen LogP contribution is -2.31. The van der Waals surface area contributed by atoms with Crippen LogP contribution in [0.2, 0.25) is 10.0 Å². The number of ether oxygens (including phenoxy) is 1. The number of aryl methyl sites for hydroxylation is 1. The van der Waals surface area contributed by atoms with Gasteiger partial charge in [-0.15, -0.1) is 0 Å². The van der Waals surface area contributed by atoms with Crippen LogP contribution in [0.25, 0.3) is 0 Å². The molecule has 1 heterocycles. The van der Waals surface area contributed by atoms with Crippen LogP contribution < -0.4 is 15.4 Å². The Labute approximate surface area is 260 Å². The highest BCUT2D eigenvalue weighted by atomic mass is 35.5. The quantitative estimate of drug-likeness (QED) is 0.238. The van der Waals surface area contributed by atoms with Crippen molar-refractivity contribution in [2.45, 2.75) is 46.1 Å². The van der Waals surface area contributed by atoms with Crippen molar-refractivity contribution in [2.24, 2.45) is 11.3 Å². The van der Waals surface area contributed by atoms with Crippen molar-refractivity contribution in [1.82, 2.24) is 5.32 Å². The lowest BCUT2D eigenvalue weighted by molar-refractivity contribution is -0.105. The van der Waals surface area contributed by atoms with E-state index in [2.05, 4.69) is 37.5 Å². The molecule has 3 unspecified atom stereocenters. The van der Waals surface area contributed by atoms with Crippen molar-refractivity contribution in [1.29, 1.82) is 5.26 Å². The first-order valence-electron chi connectivity index (χ1n) is 13.3. The van der Waals surface area contributed by atoms with Gasteiger partial charge >= 0.3 is 5.97 Å². The van der Waals surface area contributed by atoms with Crippen molar-refractivity contribution in [3.05, 3.63) is 93.0 Å². The number of nitriles is 1. The summed E-state index contributed by atoms with van der Waals surface area (Å²) in [6.07, 6.45) is 1.39. The highest BCUT2D eigenvalue weighted by Gasteiger charge is 2.39. The van der Waals surface area contributed by atoms with Gasteiger partial charge in [-0.1, -0.05) is 62.2 Å². The lowest BCUT2D eigenvalue weighted by atomic mass is 9.79. The molecule has 1 amide bonds. The molecule has 0 radical (unpaired) electrons. The molecule has 0 saturated carbocycles. The summed E-state index contributed by atoms with van der Waals surface area (Å²) in [5.74, 6) is -1.72. The van der Waals surface area contributed by atoms with E-state index in [4.69, 9.17) is 33.0 Å². The maximum atomic E-state index is 14.2. The number of benzene rings is 3. The predicted molar refractivity (Wildman–Crippen MR) is 165 cm³/mol. The molecular formula is C32H35Cl2F2N3O4. The summed E-state index contributed by atoms with van der Waals surface area (Å²) < 4.78 is 31.6. The molecule has 0 aromatic heterocycles. The molecule has 1 fully saturated rings. The fraction of sp³-hybridized carbons (Fsp3) is 0.344. The van der Waals surface area contributed by atoms with Gasteiger partial charge in [0.2, 0.25) is 6.41 Å². The Morgan fingerprint density at radius 3 is 2.42 bits per heavy atom. The molecule has 1 saturated heterocycles. The number of carboxylic acid groups (broad SMARTS) is 1. The van der Waals surface area contributed by atoms with Gasteiger partial charge < -0.3 is 20.5 Å². The number of rotatable bonds is 6. The zero-order valence-electron chi connectivity index (χ0n) is 24.6. The van der Waals surface area contributed by atoms with Crippen LogP contribution in [0.3, 0.4) is 0 Å². The number of nitrogens with one attached hydrogen (secondary N) is 2. The van der Waals surface area contributed by atoms with Crippen molar-refractivity contribution in [3.8, 4) is 11.8 Å². The van der Waals surface area contributed by atoms with Gasteiger partial charge in [0.05, 0.1) is 35.4 Å². The van der Waals surface area contributed by atoms with Crippen LogP contribution in [0.1, 0.15) is 54.6 Å². The summed E-state index contributed by atoms with van der Waals surface area (Å²) in [7, 11) is 1.40. The van der Waals surface area contributed by atoms with Crippen LogP contribution >= 0.6 is 23.2 Å². The second-order valence-corrected chi connectivity index (χ2v) is 11.9. The minimum atomic E-state index is -1.04. The molecule has 230 valence electrons. The van der Waals surface area contributed by atoms with Crippen LogP contribution in [0, 0.1) is 41.2 Å². The Hall–Kier alpha value is -3.71. The van der Waals surface area contributed by atoms with Crippen molar-refractivity contribution < 1.29 is 28.2 Å². The molecule has 3 atom stereocenters. The van der Waals surface area contributed by atoms with E-state index in [0.717, 1.165) is 6.42 Å². The number of carboxylic acids is 1. The Balaban J connectivity index is 0.000000244. The summed E-state index contributed by atoms with van der Waals surface area (Å²) in [4.78, 5) is 20.8. The third-order valence-corrected chi connectivity index (χ3v) is 7.15. The summed E-state index contributed by atoms with van der Waals surface area (Å²) in [6, 6.07) is 16.3. The number of carbonyl (C=O) groups excluding carboxylic acids is 1. The number of hydrogen-bond donors (Lipinski definition) is 3. The Bertz CT molecular complexity index is 1460. The zero-order valence-corrected chi connectivity index (χ0v) is 26.1. The number of hydrogen-bond acceptors (Lipinski definition) is 5. The van der Waals surface area contributed by atoms with Gasteiger partial charge in [-0.3, -0.25) is 4.79 Å². The normalized spacial score (nSPS) is 17.3.